The van der Waals surface area contributed by atoms with Gasteiger partial charge in [-0.25, -0.2) is 0 Å². The normalized spacial score (nSPS) is 27.1. The van der Waals surface area contributed by atoms with Crippen LogP contribution in [0.2, 0.25) is 0 Å². The molecule has 14 heavy (non-hydrogen) atoms. The third kappa shape index (κ3) is 2.09. The first kappa shape index (κ1) is 10.4. The van der Waals surface area contributed by atoms with Crippen molar-refractivity contribution in [2.24, 2.45) is 5.41 Å². The van der Waals surface area contributed by atoms with Gasteiger partial charge in [0.05, 0.1) is 0 Å². The van der Waals surface area contributed by atoms with Gasteiger partial charge >= 0.3 is 0 Å². The van der Waals surface area contributed by atoms with Gasteiger partial charge in [-0.05, 0) is 45.6 Å². The van der Waals surface area contributed by atoms with Gasteiger partial charge in [0.25, 0.3) is 0 Å². The van der Waals surface area contributed by atoms with Crippen LogP contribution in [0.1, 0.15) is 31.1 Å². The van der Waals surface area contributed by atoms with Crippen molar-refractivity contribution in [1.29, 1.82) is 0 Å². The number of ketones is 1. The highest BCUT2D eigenvalue weighted by atomic mass is 79.9. The van der Waals surface area contributed by atoms with Gasteiger partial charge in [0.15, 0.2) is 0 Å². The zero-order valence-electron chi connectivity index (χ0n) is 8.18. The minimum Gasteiger partial charge on any atom is -0.300 e. The van der Waals surface area contributed by atoms with E-state index in [1.807, 2.05) is 0 Å². The van der Waals surface area contributed by atoms with Crippen LogP contribution < -0.4 is 0 Å². The summed E-state index contributed by atoms with van der Waals surface area (Å²) in [4.78, 5) is 12.6. The Morgan fingerprint density at radius 1 is 1.64 bits per heavy atom. The Kier molecular flexibility index (Phi) is 2.80. The molecular formula is C11H13BrOS. The average molecular weight is 273 g/mol. The number of carbonyl (C=O) groups is 1. The summed E-state index contributed by atoms with van der Waals surface area (Å²) in [6, 6.07) is 2.08. The molecule has 0 spiro atoms. The summed E-state index contributed by atoms with van der Waals surface area (Å²) in [5.74, 6) is 0.431. The summed E-state index contributed by atoms with van der Waals surface area (Å²) in [5.41, 5.74) is 0.213. The van der Waals surface area contributed by atoms with Crippen molar-refractivity contribution >= 4 is 33.0 Å². The van der Waals surface area contributed by atoms with E-state index in [-0.39, 0.29) is 5.41 Å². The van der Waals surface area contributed by atoms with Crippen molar-refractivity contribution in [2.45, 2.75) is 32.6 Å². The van der Waals surface area contributed by atoms with Crippen LogP contribution in [0.4, 0.5) is 0 Å². The molecule has 1 saturated carbocycles. The van der Waals surface area contributed by atoms with Crippen molar-refractivity contribution in [3.05, 3.63) is 20.8 Å². The Hall–Kier alpha value is -0.150. The lowest BCUT2D eigenvalue weighted by atomic mass is 9.84. The summed E-state index contributed by atoms with van der Waals surface area (Å²) in [5, 5.41) is 2.10. The SMILES string of the molecule is CC1(Cc2sccc2Br)CCC(=O)C1. The number of thiophene rings is 1. The van der Waals surface area contributed by atoms with Gasteiger partial charge in [0.1, 0.15) is 5.78 Å². The summed E-state index contributed by atoms with van der Waals surface area (Å²) in [6.07, 6.45) is 3.63. The Morgan fingerprint density at radius 2 is 2.43 bits per heavy atom. The van der Waals surface area contributed by atoms with Crippen LogP contribution in [0, 0.1) is 5.41 Å². The number of hydrogen-bond acceptors (Lipinski definition) is 2. The summed E-state index contributed by atoms with van der Waals surface area (Å²) >= 11 is 5.32. The molecular weight excluding hydrogens is 260 g/mol. The lowest BCUT2D eigenvalue weighted by molar-refractivity contribution is -0.117. The molecule has 0 saturated heterocycles. The molecule has 0 N–H and O–H groups in total. The van der Waals surface area contributed by atoms with Crippen molar-refractivity contribution in [2.75, 3.05) is 0 Å². The van der Waals surface area contributed by atoms with E-state index in [0.29, 0.717) is 5.78 Å². The van der Waals surface area contributed by atoms with Crippen LogP contribution in [0.25, 0.3) is 0 Å². The van der Waals surface area contributed by atoms with Crippen LogP contribution in [-0.4, -0.2) is 5.78 Å². The smallest absolute Gasteiger partial charge is 0.133 e. The molecule has 1 aliphatic carbocycles. The van der Waals surface area contributed by atoms with Crippen LogP contribution in [-0.2, 0) is 11.2 Å². The fourth-order valence-electron chi connectivity index (χ4n) is 2.08. The first-order valence-corrected chi connectivity index (χ1v) is 6.50. The second-order valence-electron chi connectivity index (χ2n) is 4.39. The molecule has 1 fully saturated rings. The monoisotopic (exact) mass is 272 g/mol. The second-order valence-corrected chi connectivity index (χ2v) is 6.25. The van der Waals surface area contributed by atoms with Crippen molar-refractivity contribution in [1.82, 2.24) is 0 Å². The van der Waals surface area contributed by atoms with E-state index < -0.39 is 0 Å². The molecule has 1 atom stereocenters. The van der Waals surface area contributed by atoms with E-state index in [9.17, 15) is 4.79 Å². The van der Waals surface area contributed by atoms with Gasteiger partial charge in [-0.2, -0.15) is 0 Å². The van der Waals surface area contributed by atoms with E-state index in [1.54, 1.807) is 11.3 Å². The summed E-state index contributed by atoms with van der Waals surface area (Å²) in [7, 11) is 0. The highest BCUT2D eigenvalue weighted by molar-refractivity contribution is 9.10. The lowest BCUT2D eigenvalue weighted by Crippen LogP contribution is -2.15. The molecule has 1 nitrogen and oxygen atoms in total. The molecule has 76 valence electrons. The quantitative estimate of drug-likeness (QED) is 0.800. The number of carbonyl (C=O) groups excluding carboxylic acids is 1. The maximum atomic E-state index is 11.3. The molecule has 1 aromatic heterocycles. The van der Waals surface area contributed by atoms with Gasteiger partial charge in [0, 0.05) is 22.2 Å². The largest absolute Gasteiger partial charge is 0.300 e. The van der Waals surface area contributed by atoms with E-state index in [4.69, 9.17) is 0 Å². The van der Waals surface area contributed by atoms with Crippen molar-refractivity contribution in [3.8, 4) is 0 Å². The Labute approximate surface area is 96.6 Å². The lowest BCUT2D eigenvalue weighted by Gasteiger charge is -2.21. The van der Waals surface area contributed by atoms with E-state index in [2.05, 4.69) is 34.3 Å². The molecule has 0 aromatic carbocycles. The van der Waals surface area contributed by atoms with Gasteiger partial charge in [-0.3, -0.25) is 4.79 Å². The molecule has 2 rings (SSSR count). The summed E-state index contributed by atoms with van der Waals surface area (Å²) in [6.45, 7) is 2.23. The predicted molar refractivity (Wildman–Crippen MR) is 62.7 cm³/mol. The first-order valence-electron chi connectivity index (χ1n) is 4.83. The first-order chi connectivity index (χ1) is 6.59. The highest BCUT2D eigenvalue weighted by Gasteiger charge is 2.34. The van der Waals surface area contributed by atoms with Gasteiger partial charge in [-0.1, -0.05) is 6.92 Å². The molecule has 1 unspecified atom stereocenters. The van der Waals surface area contributed by atoms with Gasteiger partial charge < -0.3 is 0 Å². The minimum absolute atomic E-state index is 0.213. The molecule has 0 aliphatic heterocycles. The van der Waals surface area contributed by atoms with E-state index in [1.165, 1.54) is 9.35 Å². The van der Waals surface area contributed by atoms with Crippen molar-refractivity contribution in [3.63, 3.8) is 0 Å². The molecule has 0 amide bonds. The topological polar surface area (TPSA) is 17.1 Å². The fourth-order valence-corrected chi connectivity index (χ4v) is 3.79. The molecule has 1 aromatic rings. The Bertz CT molecular complexity index is 358. The zero-order valence-corrected chi connectivity index (χ0v) is 10.6. The average Bonchev–Trinajstić information content (AvgIpc) is 2.62. The Morgan fingerprint density at radius 3 is 2.93 bits per heavy atom. The van der Waals surface area contributed by atoms with E-state index in [0.717, 1.165) is 25.7 Å². The molecule has 1 heterocycles. The molecule has 1 aliphatic rings. The van der Waals surface area contributed by atoms with Crippen LogP contribution in [0.3, 0.4) is 0 Å². The number of rotatable bonds is 2. The number of Topliss-reactive ketones (excluding diaryl/α,β-unsaturated/α-hetero) is 1. The summed E-state index contributed by atoms with van der Waals surface area (Å²) < 4.78 is 1.20. The predicted octanol–water partition coefficient (Wildman–Crippen LogP) is 3.81. The second kappa shape index (κ2) is 3.78. The van der Waals surface area contributed by atoms with E-state index >= 15 is 0 Å². The Balaban J connectivity index is 2.11. The third-order valence-electron chi connectivity index (χ3n) is 2.91. The highest BCUT2D eigenvalue weighted by Crippen LogP contribution is 2.41. The number of hydrogen-bond donors (Lipinski definition) is 0. The molecule has 0 bridgehead atoms. The number of halogens is 1. The maximum Gasteiger partial charge on any atom is 0.133 e. The zero-order chi connectivity index (χ0) is 10.2. The van der Waals surface area contributed by atoms with Crippen LogP contribution in [0.5, 0.6) is 0 Å². The molecule has 3 heteroatoms. The molecule has 0 radical (unpaired) electrons. The van der Waals surface area contributed by atoms with Crippen molar-refractivity contribution < 1.29 is 4.79 Å². The van der Waals surface area contributed by atoms with Crippen LogP contribution >= 0.6 is 27.3 Å². The van der Waals surface area contributed by atoms with Gasteiger partial charge in [-0.15, -0.1) is 11.3 Å². The standard InChI is InChI=1S/C11H13BrOS/c1-11(4-2-8(13)6-11)7-10-9(12)3-5-14-10/h3,5H,2,4,6-7H2,1H3. The fraction of sp³-hybridized carbons (Fsp3) is 0.545. The van der Waals surface area contributed by atoms with Gasteiger partial charge in [0.2, 0.25) is 0 Å². The third-order valence-corrected chi connectivity index (χ3v) is 4.84. The maximum absolute atomic E-state index is 11.3. The van der Waals surface area contributed by atoms with Crippen LogP contribution in [0.15, 0.2) is 15.9 Å². The minimum atomic E-state index is 0.213.